The quantitative estimate of drug-likeness (QED) is 0.397. The van der Waals surface area contributed by atoms with Crippen LogP contribution in [0.3, 0.4) is 0 Å². The van der Waals surface area contributed by atoms with Crippen molar-refractivity contribution in [1.82, 2.24) is 10.2 Å². The molecular weight excluding hydrogens is 260 g/mol. The van der Waals surface area contributed by atoms with Gasteiger partial charge in [0.25, 0.3) is 12.0 Å². The number of amidine groups is 1. The van der Waals surface area contributed by atoms with Gasteiger partial charge in [0.1, 0.15) is 12.8 Å². The normalized spacial score (nSPS) is 26.1. The standard InChI is InChI=1S/C9H14FN5O4/c10-8-12-5-6(13-9(11)14-7(5)18)15(8)3-19-4(1-16)2-17/h4-6,16-17H,1-3H2,(H3,11,13,14,18)/i10-1. The second-order valence-electron chi connectivity index (χ2n) is 4.01. The number of ether oxygens (including phenoxy) is 1. The van der Waals surface area contributed by atoms with Gasteiger partial charge >= 0.3 is 0 Å². The van der Waals surface area contributed by atoms with Crippen LogP contribution in [0.2, 0.25) is 0 Å². The van der Waals surface area contributed by atoms with Crippen molar-refractivity contribution in [3.63, 3.8) is 0 Å². The number of nitrogens with one attached hydrogen (secondary N) is 1. The van der Waals surface area contributed by atoms with Gasteiger partial charge in [-0.1, -0.05) is 0 Å². The Bertz CT molecular complexity index is 425. The third-order valence-corrected chi connectivity index (χ3v) is 2.73. The van der Waals surface area contributed by atoms with Gasteiger partial charge in [0.15, 0.2) is 18.2 Å². The molecule has 10 heteroatoms. The Labute approximate surface area is 107 Å². The van der Waals surface area contributed by atoms with E-state index in [4.69, 9.17) is 20.7 Å². The number of aliphatic imine (C=N–C) groups is 2. The minimum Gasteiger partial charge on any atom is -0.394 e. The Morgan fingerprint density at radius 3 is 2.79 bits per heavy atom. The molecule has 0 saturated heterocycles. The number of carbonyl (C=O) groups excluding carboxylic acids is 1. The van der Waals surface area contributed by atoms with E-state index in [0.29, 0.717) is 0 Å². The van der Waals surface area contributed by atoms with Gasteiger partial charge in [-0.15, -0.1) is 0 Å². The lowest BCUT2D eigenvalue weighted by Crippen LogP contribution is -2.54. The molecule has 0 fully saturated rings. The van der Waals surface area contributed by atoms with Crippen molar-refractivity contribution >= 4 is 18.0 Å². The maximum Gasteiger partial charge on any atom is 0.285 e. The summed E-state index contributed by atoms with van der Waals surface area (Å²) in [7, 11) is 0. The van der Waals surface area contributed by atoms with Crippen LogP contribution in [-0.4, -0.2) is 71.3 Å². The lowest BCUT2D eigenvalue weighted by atomic mass is 10.2. The molecule has 2 rings (SSSR count). The van der Waals surface area contributed by atoms with E-state index in [2.05, 4.69) is 15.3 Å². The number of aliphatic hydroxyl groups excluding tert-OH is 2. The van der Waals surface area contributed by atoms with E-state index >= 15 is 0 Å². The van der Waals surface area contributed by atoms with Crippen LogP contribution in [0.25, 0.3) is 0 Å². The van der Waals surface area contributed by atoms with E-state index < -0.39 is 43.5 Å². The maximum absolute atomic E-state index is 13.6. The Hall–Kier alpha value is -1.78. The molecule has 2 aliphatic heterocycles. The molecule has 0 bridgehead atoms. The van der Waals surface area contributed by atoms with E-state index in [1.165, 1.54) is 0 Å². The fourth-order valence-corrected chi connectivity index (χ4v) is 1.72. The molecule has 5 N–H and O–H groups in total. The van der Waals surface area contributed by atoms with Crippen LogP contribution in [0.5, 0.6) is 0 Å². The van der Waals surface area contributed by atoms with Gasteiger partial charge in [-0.2, -0.15) is 4.39 Å². The summed E-state index contributed by atoms with van der Waals surface area (Å²) in [5, 5.41) is 19.9. The van der Waals surface area contributed by atoms with E-state index in [0.717, 1.165) is 4.90 Å². The second kappa shape index (κ2) is 5.47. The summed E-state index contributed by atoms with van der Waals surface area (Å²) >= 11 is 0. The third-order valence-electron chi connectivity index (χ3n) is 2.73. The number of halogens is 1. The molecule has 2 atom stereocenters. The van der Waals surface area contributed by atoms with Crippen molar-refractivity contribution in [2.45, 2.75) is 18.3 Å². The molecular formula is C9H14FN5O4. The van der Waals surface area contributed by atoms with Crippen molar-refractivity contribution < 1.29 is 24.1 Å². The highest BCUT2D eigenvalue weighted by Gasteiger charge is 2.43. The molecule has 2 unspecified atom stereocenters. The molecule has 2 aliphatic rings. The van der Waals surface area contributed by atoms with Crippen molar-refractivity contribution in [1.29, 1.82) is 0 Å². The lowest BCUT2D eigenvalue weighted by Gasteiger charge is -2.28. The molecule has 0 radical (unpaired) electrons. The molecule has 1 amide bonds. The highest BCUT2D eigenvalue weighted by Crippen LogP contribution is 2.22. The zero-order chi connectivity index (χ0) is 14.0. The topological polar surface area (TPSA) is 133 Å². The number of guanidine groups is 1. The average molecular weight is 274 g/mol. The Balaban J connectivity index is 2.06. The van der Waals surface area contributed by atoms with Crippen molar-refractivity contribution in [3.05, 3.63) is 0 Å². The molecule has 0 aromatic carbocycles. The van der Waals surface area contributed by atoms with Gasteiger partial charge in [-0.25, -0.2) is 9.98 Å². The van der Waals surface area contributed by atoms with E-state index in [-0.39, 0.29) is 12.7 Å². The van der Waals surface area contributed by atoms with Crippen LogP contribution < -0.4 is 11.1 Å². The smallest absolute Gasteiger partial charge is 0.285 e. The number of nitrogens with zero attached hydrogens (tertiary/aromatic N) is 3. The maximum atomic E-state index is 13.6. The molecule has 2 heterocycles. The summed E-state index contributed by atoms with van der Waals surface area (Å²) in [5.74, 6) is -0.668. The Morgan fingerprint density at radius 1 is 1.47 bits per heavy atom. The van der Waals surface area contributed by atoms with Crippen molar-refractivity contribution in [2.75, 3.05) is 19.9 Å². The van der Waals surface area contributed by atoms with Crippen molar-refractivity contribution in [2.24, 2.45) is 15.7 Å². The summed E-state index contributed by atoms with van der Waals surface area (Å²) in [6, 6.07) is -1.02. The monoisotopic (exact) mass is 274 g/mol. The molecule has 106 valence electrons. The highest BCUT2D eigenvalue weighted by atomic mass is 18.2. The van der Waals surface area contributed by atoms with Crippen LogP contribution in [0.1, 0.15) is 0 Å². The SMILES string of the molecule is NC1=NC2C(N=C([18F])N2COC(CO)CO)C(=O)N1. The molecule has 0 saturated carbocycles. The highest BCUT2D eigenvalue weighted by molar-refractivity contribution is 6.03. The minimum absolute atomic E-state index is 0.123. The number of fused-ring (bicyclic) bond motifs is 1. The summed E-state index contributed by atoms with van der Waals surface area (Å²) in [4.78, 5) is 19.9. The molecule has 0 aromatic heterocycles. The molecule has 0 spiro atoms. The number of carbonyl (C=O) groups is 1. The third kappa shape index (κ3) is 2.64. The summed E-state index contributed by atoms with van der Waals surface area (Å²) in [6.07, 6.45) is -2.66. The van der Waals surface area contributed by atoms with Crippen LogP contribution in [0.4, 0.5) is 4.39 Å². The average Bonchev–Trinajstić information content (AvgIpc) is 2.68. The van der Waals surface area contributed by atoms with Crippen LogP contribution in [0.15, 0.2) is 9.98 Å². The second-order valence-corrected chi connectivity index (χ2v) is 4.01. The summed E-state index contributed by atoms with van der Waals surface area (Å²) in [5.41, 5.74) is 5.39. The van der Waals surface area contributed by atoms with Gasteiger partial charge < -0.3 is 20.7 Å². The first kappa shape index (κ1) is 13.6. The number of amides is 1. The number of rotatable bonds is 5. The molecule has 19 heavy (non-hydrogen) atoms. The predicted octanol–water partition coefficient (Wildman–Crippen LogP) is -2.91. The van der Waals surface area contributed by atoms with Crippen LogP contribution in [-0.2, 0) is 9.53 Å². The number of aliphatic hydroxyl groups is 2. The van der Waals surface area contributed by atoms with Gasteiger partial charge in [-0.3, -0.25) is 15.0 Å². The van der Waals surface area contributed by atoms with E-state index in [1.54, 1.807) is 0 Å². The fourth-order valence-electron chi connectivity index (χ4n) is 1.72. The van der Waals surface area contributed by atoms with Crippen molar-refractivity contribution in [3.8, 4) is 0 Å². The minimum atomic E-state index is -1.02. The van der Waals surface area contributed by atoms with Crippen LogP contribution in [0, 0.1) is 0 Å². The van der Waals surface area contributed by atoms with Gasteiger partial charge in [0, 0.05) is 0 Å². The van der Waals surface area contributed by atoms with Crippen LogP contribution >= 0.6 is 0 Å². The van der Waals surface area contributed by atoms with E-state index in [1.807, 2.05) is 0 Å². The first-order valence-electron chi connectivity index (χ1n) is 5.54. The zero-order valence-corrected chi connectivity index (χ0v) is 9.86. The summed E-state index contributed by atoms with van der Waals surface area (Å²) < 4.78 is 18.7. The Kier molecular flexibility index (Phi) is 3.93. The lowest BCUT2D eigenvalue weighted by molar-refractivity contribution is -0.122. The summed E-state index contributed by atoms with van der Waals surface area (Å²) in [6.45, 7) is -1.14. The van der Waals surface area contributed by atoms with Gasteiger partial charge in [0.2, 0.25) is 0 Å². The Morgan fingerprint density at radius 2 is 2.16 bits per heavy atom. The largest absolute Gasteiger partial charge is 0.394 e. The van der Waals surface area contributed by atoms with E-state index in [9.17, 15) is 9.18 Å². The van der Waals surface area contributed by atoms with Gasteiger partial charge in [-0.05, 0) is 0 Å². The number of hydrogen-bond donors (Lipinski definition) is 4. The predicted molar refractivity (Wildman–Crippen MR) is 61.6 cm³/mol. The zero-order valence-electron chi connectivity index (χ0n) is 9.86. The molecule has 9 nitrogen and oxygen atoms in total. The molecule has 0 aliphatic carbocycles. The molecule has 0 aromatic rings. The first-order chi connectivity index (χ1) is 9.06. The first-order valence-corrected chi connectivity index (χ1v) is 5.54. The number of hydrogen-bond acceptors (Lipinski definition) is 8. The number of nitrogens with two attached hydrogens (primary N) is 1. The fraction of sp³-hybridized carbons (Fsp3) is 0.667. The van der Waals surface area contributed by atoms with Gasteiger partial charge in [0.05, 0.1) is 13.2 Å².